The first-order valence-corrected chi connectivity index (χ1v) is 10.4. The summed E-state index contributed by atoms with van der Waals surface area (Å²) in [6, 6.07) is 11.9. The van der Waals surface area contributed by atoms with Gasteiger partial charge >= 0.3 is 11.9 Å². The lowest BCUT2D eigenvalue weighted by Gasteiger charge is -2.29. The van der Waals surface area contributed by atoms with E-state index < -0.39 is 34.6 Å². The molecule has 0 bridgehead atoms. The van der Waals surface area contributed by atoms with Gasteiger partial charge in [0.1, 0.15) is 0 Å². The summed E-state index contributed by atoms with van der Waals surface area (Å²) in [7, 11) is 0. The summed E-state index contributed by atoms with van der Waals surface area (Å²) in [5.74, 6) is -5.45. The van der Waals surface area contributed by atoms with E-state index in [1.54, 1.807) is 13.8 Å². The first-order valence-electron chi connectivity index (χ1n) is 9.67. The van der Waals surface area contributed by atoms with Crippen LogP contribution in [0.5, 0.6) is 0 Å². The smallest absolute Gasteiger partial charge is 0.321 e. The van der Waals surface area contributed by atoms with Crippen molar-refractivity contribution in [3.8, 4) is 6.07 Å². The third-order valence-electron chi connectivity index (χ3n) is 4.72. The maximum atomic E-state index is 12.9. The second-order valence-electron chi connectivity index (χ2n) is 6.63. The molecule has 0 unspecified atom stereocenters. The van der Waals surface area contributed by atoms with Crippen molar-refractivity contribution >= 4 is 40.8 Å². The number of hydrogen-bond donors (Lipinski definition) is 0. The molecule has 0 N–H and O–H groups in total. The zero-order chi connectivity index (χ0) is 23.8. The Kier molecular flexibility index (Phi) is 9.00. The number of nitrogens with zero attached hydrogens (tertiary/aromatic N) is 2. The molecular formula is C22H20Cl2N2O6. The first-order chi connectivity index (χ1) is 15.2. The van der Waals surface area contributed by atoms with E-state index in [-0.39, 0.29) is 23.9 Å². The molecule has 0 radical (unpaired) electrons. The van der Waals surface area contributed by atoms with Gasteiger partial charge in [-0.3, -0.25) is 19.7 Å². The van der Waals surface area contributed by atoms with Crippen LogP contribution in [0.1, 0.15) is 36.8 Å². The van der Waals surface area contributed by atoms with E-state index in [9.17, 15) is 25.0 Å². The maximum absolute atomic E-state index is 12.9. The van der Waals surface area contributed by atoms with Gasteiger partial charge in [-0.25, -0.2) is 0 Å². The quantitative estimate of drug-likeness (QED) is 0.214. The van der Waals surface area contributed by atoms with E-state index in [2.05, 4.69) is 6.07 Å². The SMILES string of the molecule is CCOC(=O)C(C(=O)OCC)[C@H](c1ccc(Cl)cc1Cl)[C@@H](C#N)c1ccc([N+](=O)[O-])cc1. The molecule has 2 rings (SSSR count). The number of ether oxygens (including phenoxy) is 2. The number of hydrogen-bond acceptors (Lipinski definition) is 7. The summed E-state index contributed by atoms with van der Waals surface area (Å²) < 4.78 is 10.2. The second kappa shape index (κ2) is 11.5. The average Bonchev–Trinajstić information content (AvgIpc) is 2.74. The number of non-ortho nitro benzene ring substituents is 1. The molecule has 8 nitrogen and oxygen atoms in total. The van der Waals surface area contributed by atoms with E-state index in [1.807, 2.05) is 0 Å². The molecule has 0 amide bonds. The lowest BCUT2D eigenvalue weighted by Crippen LogP contribution is -2.36. The van der Waals surface area contributed by atoms with Crippen molar-refractivity contribution in [1.29, 1.82) is 5.26 Å². The summed E-state index contributed by atoms with van der Waals surface area (Å²) in [5, 5.41) is 21.5. The number of nitriles is 1. The number of carbonyl (C=O) groups is 2. The molecule has 0 saturated heterocycles. The van der Waals surface area contributed by atoms with Crippen molar-refractivity contribution in [2.24, 2.45) is 5.92 Å². The van der Waals surface area contributed by atoms with Gasteiger partial charge in [0.15, 0.2) is 5.92 Å². The van der Waals surface area contributed by atoms with E-state index in [4.69, 9.17) is 32.7 Å². The molecule has 0 heterocycles. The highest BCUT2D eigenvalue weighted by Crippen LogP contribution is 2.43. The topological polar surface area (TPSA) is 120 Å². The van der Waals surface area contributed by atoms with Crippen molar-refractivity contribution in [3.05, 3.63) is 73.8 Å². The van der Waals surface area contributed by atoms with Gasteiger partial charge in [-0.1, -0.05) is 41.4 Å². The van der Waals surface area contributed by atoms with Gasteiger partial charge in [-0.2, -0.15) is 5.26 Å². The molecule has 0 aromatic heterocycles. The number of benzene rings is 2. The van der Waals surface area contributed by atoms with Crippen LogP contribution in [0, 0.1) is 27.4 Å². The highest BCUT2D eigenvalue weighted by Gasteiger charge is 2.44. The van der Waals surface area contributed by atoms with Crippen LogP contribution in [0.4, 0.5) is 5.69 Å². The number of halogens is 2. The zero-order valence-electron chi connectivity index (χ0n) is 17.3. The Balaban J connectivity index is 2.72. The third kappa shape index (κ3) is 5.75. The van der Waals surface area contributed by atoms with Crippen molar-refractivity contribution in [1.82, 2.24) is 0 Å². The Morgan fingerprint density at radius 1 is 1.06 bits per heavy atom. The largest absolute Gasteiger partial charge is 0.465 e. The summed E-state index contributed by atoms with van der Waals surface area (Å²) in [4.78, 5) is 36.1. The van der Waals surface area contributed by atoms with Crippen LogP contribution in [0.25, 0.3) is 0 Å². The fraction of sp³-hybridized carbons (Fsp3) is 0.318. The maximum Gasteiger partial charge on any atom is 0.321 e. The standard InChI is InChI=1S/C22H20Cl2N2O6/c1-3-31-21(27)20(22(28)32-4-2)19(16-10-7-14(23)11-18(16)24)17(12-25)13-5-8-15(9-6-13)26(29)30/h5-11,17,19-20H,3-4H2,1-2H3/t17-,19+/m0/s1. The molecule has 10 heteroatoms. The van der Waals surface area contributed by atoms with Crippen LogP contribution in [0.15, 0.2) is 42.5 Å². The van der Waals surface area contributed by atoms with Crippen LogP contribution in [-0.2, 0) is 19.1 Å². The molecule has 2 aromatic carbocycles. The first kappa shape index (κ1) is 25.1. The minimum absolute atomic E-state index is 0.00452. The monoisotopic (exact) mass is 478 g/mol. The second-order valence-corrected chi connectivity index (χ2v) is 7.47. The molecule has 2 atom stereocenters. The Morgan fingerprint density at radius 2 is 1.62 bits per heavy atom. The Morgan fingerprint density at radius 3 is 2.06 bits per heavy atom. The van der Waals surface area contributed by atoms with Crippen LogP contribution >= 0.6 is 23.2 Å². The predicted molar refractivity (Wildman–Crippen MR) is 117 cm³/mol. The summed E-state index contributed by atoms with van der Waals surface area (Å²) in [6.45, 7) is 3.18. The van der Waals surface area contributed by atoms with Crippen LogP contribution in [-0.4, -0.2) is 30.1 Å². The molecule has 168 valence electrons. The number of nitro benzene ring substituents is 1. The molecule has 0 aliphatic carbocycles. The normalized spacial score (nSPS) is 12.5. The van der Waals surface area contributed by atoms with Crippen molar-refractivity contribution in [3.63, 3.8) is 0 Å². The minimum atomic E-state index is -1.51. The molecule has 0 spiro atoms. The number of rotatable bonds is 9. The average molecular weight is 479 g/mol. The highest BCUT2D eigenvalue weighted by molar-refractivity contribution is 6.35. The van der Waals surface area contributed by atoms with Crippen LogP contribution in [0.2, 0.25) is 10.0 Å². The van der Waals surface area contributed by atoms with E-state index in [0.717, 1.165) is 0 Å². The van der Waals surface area contributed by atoms with Gasteiger partial charge in [0.2, 0.25) is 0 Å². The zero-order valence-corrected chi connectivity index (χ0v) is 18.8. The Bertz CT molecular complexity index is 1020. The molecule has 2 aromatic rings. The Hall–Kier alpha value is -3.15. The summed E-state index contributed by atoms with van der Waals surface area (Å²) >= 11 is 12.4. The van der Waals surface area contributed by atoms with Gasteiger partial charge in [0, 0.05) is 28.1 Å². The van der Waals surface area contributed by atoms with Crippen LogP contribution in [0.3, 0.4) is 0 Å². The predicted octanol–water partition coefficient (Wildman–Crippen LogP) is 5.03. The molecule has 0 aliphatic rings. The van der Waals surface area contributed by atoms with Gasteiger partial charge in [-0.05, 0) is 37.1 Å². The van der Waals surface area contributed by atoms with Crippen molar-refractivity contribution in [2.75, 3.05) is 13.2 Å². The minimum Gasteiger partial charge on any atom is -0.465 e. The van der Waals surface area contributed by atoms with Crippen molar-refractivity contribution < 1.29 is 24.0 Å². The lowest BCUT2D eigenvalue weighted by atomic mass is 9.74. The number of carbonyl (C=O) groups excluding carboxylic acids is 2. The Labute approximate surface area is 194 Å². The number of esters is 2. The molecule has 0 fully saturated rings. The lowest BCUT2D eigenvalue weighted by molar-refractivity contribution is -0.384. The van der Waals surface area contributed by atoms with Gasteiger partial charge in [0.05, 0.1) is 30.1 Å². The number of nitro groups is 1. The van der Waals surface area contributed by atoms with Gasteiger partial charge in [-0.15, -0.1) is 0 Å². The van der Waals surface area contributed by atoms with E-state index >= 15 is 0 Å². The van der Waals surface area contributed by atoms with E-state index in [0.29, 0.717) is 16.1 Å². The highest BCUT2D eigenvalue weighted by atomic mass is 35.5. The van der Waals surface area contributed by atoms with Crippen LogP contribution < -0.4 is 0 Å². The molecule has 0 aliphatic heterocycles. The van der Waals surface area contributed by atoms with Gasteiger partial charge < -0.3 is 9.47 Å². The van der Waals surface area contributed by atoms with Crippen molar-refractivity contribution in [2.45, 2.75) is 25.7 Å². The van der Waals surface area contributed by atoms with Gasteiger partial charge in [0.25, 0.3) is 5.69 Å². The summed E-state index contributed by atoms with van der Waals surface area (Å²) in [5.41, 5.74) is 0.499. The summed E-state index contributed by atoms with van der Waals surface area (Å²) in [6.07, 6.45) is 0. The third-order valence-corrected chi connectivity index (χ3v) is 5.29. The molecular weight excluding hydrogens is 459 g/mol. The fourth-order valence-corrected chi connectivity index (χ4v) is 3.88. The fourth-order valence-electron chi connectivity index (χ4n) is 3.34. The molecule has 0 saturated carbocycles. The molecule has 32 heavy (non-hydrogen) atoms. The van der Waals surface area contributed by atoms with E-state index in [1.165, 1.54) is 42.5 Å².